The molecule has 1 aliphatic carbocycles. The van der Waals surface area contributed by atoms with Crippen LogP contribution in [0.2, 0.25) is 5.02 Å². The van der Waals surface area contributed by atoms with Crippen LogP contribution >= 0.6 is 11.6 Å². The summed E-state index contributed by atoms with van der Waals surface area (Å²) in [6.45, 7) is 2.23. The Kier molecular flexibility index (Phi) is 4.59. The van der Waals surface area contributed by atoms with Gasteiger partial charge in [-0.05, 0) is 63.1 Å². The lowest BCUT2D eigenvalue weighted by Gasteiger charge is -2.38. The monoisotopic (exact) mass is 376 g/mol. The number of piperidine rings is 1. The maximum atomic E-state index is 13.0. The van der Waals surface area contributed by atoms with Crippen molar-refractivity contribution in [2.75, 3.05) is 6.61 Å². The minimum atomic E-state index is -0.387. The molecule has 4 rings (SSSR count). The van der Waals surface area contributed by atoms with Crippen molar-refractivity contribution < 1.29 is 14.3 Å². The van der Waals surface area contributed by atoms with E-state index in [9.17, 15) is 9.59 Å². The number of nitrogens with zero attached hydrogens (tertiary/aromatic N) is 1. The van der Waals surface area contributed by atoms with Crippen LogP contribution < -0.4 is 5.32 Å². The first-order chi connectivity index (χ1) is 12.5. The van der Waals surface area contributed by atoms with E-state index >= 15 is 0 Å². The van der Waals surface area contributed by atoms with E-state index < -0.39 is 0 Å². The van der Waals surface area contributed by atoms with Gasteiger partial charge in [0.1, 0.15) is 0 Å². The molecule has 3 aliphatic rings. The Labute approximate surface area is 159 Å². The number of nitrogens with one attached hydrogen (secondary N) is 1. The maximum Gasteiger partial charge on any atom is 0.410 e. The molecule has 2 bridgehead atoms. The largest absolute Gasteiger partial charge is 0.450 e. The fourth-order valence-corrected chi connectivity index (χ4v) is 4.78. The Morgan fingerprint density at radius 2 is 1.81 bits per heavy atom. The molecule has 1 aromatic carbocycles. The van der Waals surface area contributed by atoms with E-state index in [2.05, 4.69) is 5.32 Å². The molecule has 1 N–H and O–H groups in total. The van der Waals surface area contributed by atoms with E-state index in [-0.39, 0.29) is 35.5 Å². The molecule has 6 heteroatoms. The van der Waals surface area contributed by atoms with Crippen molar-refractivity contribution in [3.8, 4) is 0 Å². The summed E-state index contributed by atoms with van der Waals surface area (Å²) in [6, 6.07) is 8.12. The van der Waals surface area contributed by atoms with E-state index in [1.54, 1.807) is 0 Å². The third-order valence-electron chi connectivity index (χ3n) is 6.13. The lowest BCUT2D eigenvalue weighted by atomic mass is 9.92. The zero-order chi connectivity index (χ0) is 18.3. The molecule has 140 valence electrons. The summed E-state index contributed by atoms with van der Waals surface area (Å²) in [7, 11) is 0. The number of halogens is 1. The summed E-state index contributed by atoms with van der Waals surface area (Å²) >= 11 is 5.98. The summed E-state index contributed by atoms with van der Waals surface area (Å²) in [5.74, 6) is 0.119. The number of ether oxygens (including phenoxy) is 1. The van der Waals surface area contributed by atoms with E-state index in [1.807, 2.05) is 36.1 Å². The average Bonchev–Trinajstić information content (AvgIpc) is 3.37. The molecule has 0 aromatic heterocycles. The highest BCUT2D eigenvalue weighted by Gasteiger charge is 2.52. The zero-order valence-corrected chi connectivity index (χ0v) is 15.8. The van der Waals surface area contributed by atoms with E-state index in [0.29, 0.717) is 11.6 Å². The molecule has 2 atom stereocenters. The summed E-state index contributed by atoms with van der Waals surface area (Å²) < 4.78 is 5.20. The summed E-state index contributed by atoms with van der Waals surface area (Å²) in [5.41, 5.74) is 0.661. The Morgan fingerprint density at radius 1 is 1.19 bits per heavy atom. The van der Waals surface area contributed by atoms with E-state index in [4.69, 9.17) is 16.3 Å². The number of carbonyl (C=O) groups excluding carboxylic acids is 2. The number of benzene rings is 1. The fraction of sp³-hybridized carbons (Fsp3) is 0.600. The highest BCUT2D eigenvalue weighted by atomic mass is 35.5. The minimum Gasteiger partial charge on any atom is -0.450 e. The van der Waals surface area contributed by atoms with Gasteiger partial charge in [0, 0.05) is 23.1 Å². The lowest BCUT2D eigenvalue weighted by Crippen LogP contribution is -2.53. The van der Waals surface area contributed by atoms with Gasteiger partial charge in [-0.2, -0.15) is 0 Å². The smallest absolute Gasteiger partial charge is 0.410 e. The van der Waals surface area contributed by atoms with E-state index in [0.717, 1.165) is 44.1 Å². The summed E-state index contributed by atoms with van der Waals surface area (Å²) in [4.78, 5) is 27.1. The molecular formula is C20H25ClN2O3. The first-order valence-electron chi connectivity index (χ1n) is 9.55. The van der Waals surface area contributed by atoms with Crippen molar-refractivity contribution in [2.24, 2.45) is 0 Å². The van der Waals surface area contributed by atoms with Gasteiger partial charge in [0.2, 0.25) is 5.91 Å². The third-order valence-corrected chi connectivity index (χ3v) is 6.38. The second-order valence-electron chi connectivity index (χ2n) is 7.72. The lowest BCUT2D eigenvalue weighted by molar-refractivity contribution is -0.124. The SMILES string of the molecule is CCOC(=O)N1C2CCC1CC(NC(=O)C1(c3ccc(Cl)cc3)CC1)C2. The fourth-order valence-electron chi connectivity index (χ4n) is 4.66. The Hall–Kier alpha value is -1.75. The summed E-state index contributed by atoms with van der Waals surface area (Å²) in [5, 5.41) is 3.96. The van der Waals surface area contributed by atoms with Crippen LogP contribution in [0.5, 0.6) is 0 Å². The Morgan fingerprint density at radius 3 is 2.35 bits per heavy atom. The number of fused-ring (bicyclic) bond motifs is 2. The quantitative estimate of drug-likeness (QED) is 0.872. The second kappa shape index (κ2) is 6.76. The molecule has 1 saturated carbocycles. The summed E-state index contributed by atoms with van der Waals surface area (Å²) in [6.07, 6.45) is 5.19. The molecule has 0 radical (unpaired) electrons. The number of hydrogen-bond acceptors (Lipinski definition) is 3. The van der Waals surface area contributed by atoms with Crippen molar-refractivity contribution in [3.05, 3.63) is 34.9 Å². The maximum absolute atomic E-state index is 13.0. The van der Waals surface area contributed by atoms with Crippen LogP contribution in [-0.2, 0) is 14.9 Å². The van der Waals surface area contributed by atoms with Crippen molar-refractivity contribution in [1.82, 2.24) is 10.2 Å². The number of rotatable bonds is 4. The second-order valence-corrected chi connectivity index (χ2v) is 8.16. The van der Waals surface area contributed by atoms with Gasteiger partial charge in [0.15, 0.2) is 0 Å². The number of hydrogen-bond donors (Lipinski definition) is 1. The van der Waals surface area contributed by atoms with Gasteiger partial charge in [0.05, 0.1) is 12.0 Å². The molecule has 2 unspecified atom stereocenters. The van der Waals surface area contributed by atoms with Crippen LogP contribution in [0, 0.1) is 0 Å². The van der Waals surface area contributed by atoms with Gasteiger partial charge in [-0.3, -0.25) is 4.79 Å². The zero-order valence-electron chi connectivity index (χ0n) is 15.0. The molecular weight excluding hydrogens is 352 g/mol. The van der Waals surface area contributed by atoms with Crippen LogP contribution in [0.1, 0.15) is 51.0 Å². The van der Waals surface area contributed by atoms with Gasteiger partial charge < -0.3 is 15.0 Å². The van der Waals surface area contributed by atoms with Crippen molar-refractivity contribution >= 4 is 23.6 Å². The standard InChI is InChI=1S/C20H25ClN2O3/c1-2-26-19(25)23-16-7-8-17(23)12-15(11-16)22-18(24)20(9-10-20)13-3-5-14(21)6-4-13/h3-6,15-17H,2,7-12H2,1H3,(H,22,24). The molecule has 5 nitrogen and oxygen atoms in total. The first-order valence-corrected chi connectivity index (χ1v) is 9.93. The third kappa shape index (κ3) is 3.07. The van der Waals surface area contributed by atoms with Crippen LogP contribution in [0.3, 0.4) is 0 Å². The molecule has 26 heavy (non-hydrogen) atoms. The Balaban J connectivity index is 1.41. The van der Waals surface area contributed by atoms with Crippen molar-refractivity contribution in [2.45, 2.75) is 69.0 Å². The van der Waals surface area contributed by atoms with Gasteiger partial charge in [-0.25, -0.2) is 4.79 Å². The van der Waals surface area contributed by atoms with Crippen molar-refractivity contribution in [1.29, 1.82) is 0 Å². The Bertz CT molecular complexity index is 688. The minimum absolute atomic E-state index is 0.119. The van der Waals surface area contributed by atoms with Gasteiger partial charge in [-0.1, -0.05) is 23.7 Å². The molecule has 3 fully saturated rings. The molecule has 0 spiro atoms. The highest BCUT2D eigenvalue weighted by Crippen LogP contribution is 2.49. The van der Waals surface area contributed by atoms with Gasteiger partial charge in [0.25, 0.3) is 0 Å². The normalized spacial score (nSPS) is 28.5. The number of amides is 2. The number of carbonyl (C=O) groups is 2. The molecule has 2 heterocycles. The molecule has 2 amide bonds. The first kappa shape index (κ1) is 17.7. The predicted octanol–water partition coefficient (Wildman–Crippen LogP) is 3.64. The molecule has 2 aliphatic heterocycles. The van der Waals surface area contributed by atoms with Crippen LogP contribution in [0.15, 0.2) is 24.3 Å². The molecule has 2 saturated heterocycles. The van der Waals surface area contributed by atoms with Crippen LogP contribution in [-0.4, -0.2) is 41.6 Å². The predicted molar refractivity (Wildman–Crippen MR) is 99.2 cm³/mol. The highest BCUT2D eigenvalue weighted by molar-refractivity contribution is 6.30. The molecule has 1 aromatic rings. The van der Waals surface area contributed by atoms with Crippen LogP contribution in [0.25, 0.3) is 0 Å². The van der Waals surface area contributed by atoms with Gasteiger partial charge in [-0.15, -0.1) is 0 Å². The average molecular weight is 377 g/mol. The van der Waals surface area contributed by atoms with Crippen molar-refractivity contribution in [3.63, 3.8) is 0 Å². The van der Waals surface area contributed by atoms with E-state index in [1.165, 1.54) is 0 Å². The van der Waals surface area contributed by atoms with Crippen LogP contribution in [0.4, 0.5) is 4.79 Å². The topological polar surface area (TPSA) is 58.6 Å². The van der Waals surface area contributed by atoms with Gasteiger partial charge >= 0.3 is 6.09 Å².